The summed E-state index contributed by atoms with van der Waals surface area (Å²) >= 11 is 0. The zero-order chi connectivity index (χ0) is 11.8. The number of carbonyl (C=O) groups excluding carboxylic acids is 1. The fraction of sp³-hybridized carbons (Fsp3) is 0.364. The van der Waals surface area contributed by atoms with Crippen molar-refractivity contribution in [3.8, 4) is 5.75 Å². The summed E-state index contributed by atoms with van der Waals surface area (Å²) in [5.74, 6) is 0.780. The summed E-state index contributed by atoms with van der Waals surface area (Å²) in [7, 11) is 1.60. The minimum Gasteiger partial charge on any atom is -0.497 e. The first-order chi connectivity index (χ1) is 7.76. The molecule has 0 aliphatic rings. The van der Waals surface area contributed by atoms with Gasteiger partial charge in [-0.15, -0.1) is 0 Å². The van der Waals surface area contributed by atoms with Crippen LogP contribution in [0.4, 0.5) is 4.79 Å². The predicted molar refractivity (Wildman–Crippen MR) is 57.9 cm³/mol. The highest BCUT2D eigenvalue weighted by atomic mass is 16.7. The molecule has 0 bridgehead atoms. The number of carbonyl (C=O) groups is 1. The molecule has 1 N–H and O–H groups in total. The second-order valence-electron chi connectivity index (χ2n) is 2.96. The monoisotopic (exact) mass is 225 g/mol. The number of benzene rings is 1. The molecule has 1 aromatic rings. The summed E-state index contributed by atoms with van der Waals surface area (Å²) in [6.45, 7) is 2.32. The molecule has 1 amide bonds. The molecular formula is C11H15NO4. The van der Waals surface area contributed by atoms with E-state index < -0.39 is 6.09 Å². The summed E-state index contributed by atoms with van der Waals surface area (Å²) in [6.07, 6.45) is -0.587. The molecule has 0 spiro atoms. The van der Waals surface area contributed by atoms with E-state index in [4.69, 9.17) is 9.57 Å². The first kappa shape index (κ1) is 12.3. The maximum atomic E-state index is 10.9. The Hall–Kier alpha value is -1.75. The van der Waals surface area contributed by atoms with Crippen molar-refractivity contribution < 1.29 is 19.1 Å². The lowest BCUT2D eigenvalue weighted by Crippen LogP contribution is -2.24. The molecule has 0 aromatic heterocycles. The van der Waals surface area contributed by atoms with E-state index in [1.165, 1.54) is 0 Å². The molecule has 1 rings (SSSR count). The van der Waals surface area contributed by atoms with E-state index >= 15 is 0 Å². The van der Waals surface area contributed by atoms with Crippen LogP contribution >= 0.6 is 0 Å². The largest absolute Gasteiger partial charge is 0.497 e. The molecule has 0 atom stereocenters. The van der Waals surface area contributed by atoms with Gasteiger partial charge in [0.15, 0.2) is 0 Å². The third-order valence-electron chi connectivity index (χ3n) is 1.83. The van der Waals surface area contributed by atoms with Gasteiger partial charge in [-0.1, -0.05) is 12.1 Å². The lowest BCUT2D eigenvalue weighted by molar-refractivity contribution is 0.0199. The summed E-state index contributed by atoms with van der Waals surface area (Å²) in [4.78, 5) is 15.8. The van der Waals surface area contributed by atoms with Crippen LogP contribution in [0, 0.1) is 0 Å². The van der Waals surface area contributed by atoms with Crippen molar-refractivity contribution in [2.75, 3.05) is 13.7 Å². The van der Waals surface area contributed by atoms with Crippen molar-refractivity contribution in [1.29, 1.82) is 0 Å². The summed E-state index contributed by atoms with van der Waals surface area (Å²) in [5, 5.41) is 0. The van der Waals surface area contributed by atoms with Crippen molar-refractivity contribution in [1.82, 2.24) is 5.48 Å². The second kappa shape index (κ2) is 6.68. The molecule has 0 saturated heterocycles. The minimum atomic E-state index is -0.587. The Balaban J connectivity index is 2.29. The first-order valence-electron chi connectivity index (χ1n) is 4.93. The van der Waals surface area contributed by atoms with E-state index in [2.05, 4.69) is 10.2 Å². The number of hydroxylamine groups is 1. The van der Waals surface area contributed by atoms with Gasteiger partial charge in [0.2, 0.25) is 0 Å². The lowest BCUT2D eigenvalue weighted by atomic mass is 10.2. The van der Waals surface area contributed by atoms with E-state index in [1.54, 1.807) is 14.0 Å². The standard InChI is InChI=1S/C11H15NO4/c1-3-15-11(13)12-16-8-9-4-6-10(14-2)7-5-9/h4-7H,3,8H2,1-2H3,(H,12,13). The van der Waals surface area contributed by atoms with Gasteiger partial charge in [-0.3, -0.25) is 4.84 Å². The Morgan fingerprint density at radius 1 is 1.31 bits per heavy atom. The Kier molecular flexibility index (Phi) is 5.15. The topological polar surface area (TPSA) is 56.8 Å². The Morgan fingerprint density at radius 2 is 2.00 bits per heavy atom. The number of amides is 1. The first-order valence-corrected chi connectivity index (χ1v) is 4.93. The quantitative estimate of drug-likeness (QED) is 0.777. The van der Waals surface area contributed by atoms with Gasteiger partial charge in [0.1, 0.15) is 5.75 Å². The minimum absolute atomic E-state index is 0.281. The molecule has 0 fully saturated rings. The zero-order valence-electron chi connectivity index (χ0n) is 9.36. The van der Waals surface area contributed by atoms with Crippen LogP contribution in [-0.4, -0.2) is 19.8 Å². The number of methoxy groups -OCH3 is 1. The number of hydrogen-bond donors (Lipinski definition) is 1. The SMILES string of the molecule is CCOC(=O)NOCc1ccc(OC)cc1. The molecule has 16 heavy (non-hydrogen) atoms. The van der Waals surface area contributed by atoms with Crippen molar-refractivity contribution in [2.45, 2.75) is 13.5 Å². The van der Waals surface area contributed by atoms with E-state index in [0.717, 1.165) is 11.3 Å². The van der Waals surface area contributed by atoms with E-state index in [-0.39, 0.29) is 6.61 Å². The Morgan fingerprint density at radius 3 is 2.56 bits per heavy atom. The molecule has 0 radical (unpaired) electrons. The van der Waals surface area contributed by atoms with E-state index in [9.17, 15) is 4.79 Å². The van der Waals surface area contributed by atoms with Crippen molar-refractivity contribution in [3.63, 3.8) is 0 Å². The summed E-state index contributed by atoms with van der Waals surface area (Å²) in [5.41, 5.74) is 3.10. The maximum absolute atomic E-state index is 10.9. The zero-order valence-corrected chi connectivity index (χ0v) is 9.36. The van der Waals surface area contributed by atoms with Gasteiger partial charge in [-0.2, -0.15) is 5.48 Å². The molecule has 5 nitrogen and oxygen atoms in total. The third-order valence-corrected chi connectivity index (χ3v) is 1.83. The average molecular weight is 225 g/mol. The lowest BCUT2D eigenvalue weighted by Gasteiger charge is -2.06. The van der Waals surface area contributed by atoms with E-state index in [0.29, 0.717) is 6.61 Å². The van der Waals surface area contributed by atoms with Gasteiger partial charge in [0.05, 0.1) is 20.3 Å². The molecule has 5 heteroatoms. The molecule has 0 unspecified atom stereocenters. The second-order valence-corrected chi connectivity index (χ2v) is 2.96. The Bertz CT molecular complexity index is 323. The van der Waals surface area contributed by atoms with Crippen molar-refractivity contribution in [3.05, 3.63) is 29.8 Å². The average Bonchev–Trinajstić information content (AvgIpc) is 2.30. The fourth-order valence-electron chi connectivity index (χ4n) is 1.06. The fourth-order valence-corrected chi connectivity index (χ4v) is 1.06. The van der Waals surface area contributed by atoms with Gasteiger partial charge in [-0.25, -0.2) is 4.79 Å². The molecular weight excluding hydrogens is 210 g/mol. The molecule has 0 aliphatic heterocycles. The van der Waals surface area contributed by atoms with Gasteiger partial charge in [0, 0.05) is 0 Å². The smallest absolute Gasteiger partial charge is 0.431 e. The van der Waals surface area contributed by atoms with Crippen molar-refractivity contribution in [2.24, 2.45) is 0 Å². The van der Waals surface area contributed by atoms with Crippen LogP contribution < -0.4 is 10.2 Å². The molecule has 0 aliphatic carbocycles. The normalized spacial score (nSPS) is 9.62. The highest BCUT2D eigenvalue weighted by Crippen LogP contribution is 2.11. The summed E-state index contributed by atoms with van der Waals surface area (Å²) < 4.78 is 9.63. The van der Waals surface area contributed by atoms with Crippen LogP contribution in [-0.2, 0) is 16.2 Å². The number of rotatable bonds is 5. The molecule has 1 aromatic carbocycles. The number of ether oxygens (including phenoxy) is 2. The maximum Gasteiger partial charge on any atom is 0.431 e. The van der Waals surface area contributed by atoms with Crippen LogP contribution in [0.25, 0.3) is 0 Å². The van der Waals surface area contributed by atoms with Gasteiger partial charge >= 0.3 is 6.09 Å². The predicted octanol–water partition coefficient (Wildman–Crippen LogP) is 1.87. The van der Waals surface area contributed by atoms with Crippen LogP contribution in [0.3, 0.4) is 0 Å². The Labute approximate surface area is 94.3 Å². The van der Waals surface area contributed by atoms with E-state index in [1.807, 2.05) is 24.3 Å². The summed E-state index contributed by atoms with van der Waals surface area (Å²) in [6, 6.07) is 7.35. The van der Waals surface area contributed by atoms with Crippen LogP contribution in [0.5, 0.6) is 5.75 Å². The van der Waals surface area contributed by atoms with Crippen LogP contribution in [0.1, 0.15) is 12.5 Å². The molecule has 0 heterocycles. The van der Waals surface area contributed by atoms with Crippen molar-refractivity contribution >= 4 is 6.09 Å². The molecule has 88 valence electrons. The third kappa shape index (κ3) is 4.18. The molecule has 0 saturated carbocycles. The van der Waals surface area contributed by atoms with Crippen LogP contribution in [0.2, 0.25) is 0 Å². The van der Waals surface area contributed by atoms with Gasteiger partial charge in [0.25, 0.3) is 0 Å². The van der Waals surface area contributed by atoms with Gasteiger partial charge < -0.3 is 9.47 Å². The number of nitrogens with one attached hydrogen (secondary N) is 1. The number of hydrogen-bond acceptors (Lipinski definition) is 4. The highest BCUT2D eigenvalue weighted by molar-refractivity contribution is 5.65. The highest BCUT2D eigenvalue weighted by Gasteiger charge is 2.00. The van der Waals surface area contributed by atoms with Gasteiger partial charge in [-0.05, 0) is 24.6 Å². The van der Waals surface area contributed by atoms with Crippen LogP contribution in [0.15, 0.2) is 24.3 Å².